The molecule has 0 bridgehead atoms. The average Bonchev–Trinajstić information content (AvgIpc) is 2.51. The number of ether oxygens (including phenoxy) is 1. The number of aliphatic imine (C=N–C) groups is 1. The van der Waals surface area contributed by atoms with Crippen LogP contribution in [0.15, 0.2) is 54.3 Å². The molecule has 1 heterocycles. The third-order valence-electron chi connectivity index (χ3n) is 2.74. The first-order chi connectivity index (χ1) is 10.2. The van der Waals surface area contributed by atoms with Crippen LogP contribution in [-0.4, -0.2) is 23.1 Å². The highest BCUT2D eigenvalue weighted by molar-refractivity contribution is 5.99. The van der Waals surface area contributed by atoms with Crippen LogP contribution in [-0.2, 0) is 6.61 Å². The first-order valence-electron chi connectivity index (χ1n) is 6.37. The highest BCUT2D eigenvalue weighted by atomic mass is 16.5. The molecule has 0 amide bonds. The lowest BCUT2D eigenvalue weighted by Gasteiger charge is -2.08. The number of hydrogen-bond acceptors (Lipinski definition) is 5. The van der Waals surface area contributed by atoms with Crippen molar-refractivity contribution in [3.05, 3.63) is 60.4 Å². The van der Waals surface area contributed by atoms with Crippen LogP contribution in [0.2, 0.25) is 0 Å². The predicted octanol–water partition coefficient (Wildman–Crippen LogP) is 1.75. The molecular formula is C15H17N5O. The van der Waals surface area contributed by atoms with Crippen molar-refractivity contribution in [3.8, 4) is 5.75 Å². The van der Waals surface area contributed by atoms with Crippen molar-refractivity contribution in [1.29, 1.82) is 0 Å². The lowest BCUT2D eigenvalue weighted by atomic mass is 10.1. The molecule has 0 radical (unpaired) electrons. The van der Waals surface area contributed by atoms with Crippen molar-refractivity contribution >= 4 is 11.7 Å². The summed E-state index contributed by atoms with van der Waals surface area (Å²) >= 11 is 0. The van der Waals surface area contributed by atoms with Crippen LogP contribution >= 0.6 is 0 Å². The molecule has 0 unspecified atom stereocenters. The zero-order chi connectivity index (χ0) is 15.1. The van der Waals surface area contributed by atoms with E-state index < -0.39 is 0 Å². The number of rotatable bonds is 5. The topological polar surface area (TPSA) is 85.4 Å². The Morgan fingerprint density at radius 2 is 2.19 bits per heavy atom. The third-order valence-corrected chi connectivity index (χ3v) is 2.74. The standard InChI is InChI=1S/C15H17N5O/c1-3-18-15(17-2)12-6-4-11(5-7-12)10-21-13-8-14(16)20-19-9-13/h3-9H,1,10H2,2H3,(H2,16,20)(H,17,18). The van der Waals surface area contributed by atoms with E-state index in [1.165, 1.54) is 6.20 Å². The van der Waals surface area contributed by atoms with Crippen LogP contribution in [0.25, 0.3) is 0 Å². The number of benzene rings is 1. The van der Waals surface area contributed by atoms with Gasteiger partial charge in [0.25, 0.3) is 0 Å². The summed E-state index contributed by atoms with van der Waals surface area (Å²) in [4.78, 5) is 4.15. The smallest absolute Gasteiger partial charge is 0.149 e. The summed E-state index contributed by atoms with van der Waals surface area (Å²) in [6.07, 6.45) is 3.13. The van der Waals surface area contributed by atoms with Crippen molar-refractivity contribution < 1.29 is 4.74 Å². The van der Waals surface area contributed by atoms with Gasteiger partial charge in [-0.1, -0.05) is 30.8 Å². The quantitative estimate of drug-likeness (QED) is 0.645. The van der Waals surface area contributed by atoms with Gasteiger partial charge in [-0.25, -0.2) is 0 Å². The van der Waals surface area contributed by atoms with Gasteiger partial charge in [0.15, 0.2) is 0 Å². The van der Waals surface area contributed by atoms with Crippen molar-refractivity contribution in [2.24, 2.45) is 4.99 Å². The van der Waals surface area contributed by atoms with E-state index in [1.54, 1.807) is 19.3 Å². The van der Waals surface area contributed by atoms with E-state index in [1.807, 2.05) is 24.3 Å². The molecule has 1 aromatic heterocycles. The second-order valence-corrected chi connectivity index (χ2v) is 4.22. The highest BCUT2D eigenvalue weighted by Crippen LogP contribution is 2.13. The highest BCUT2D eigenvalue weighted by Gasteiger charge is 2.02. The number of nitrogens with one attached hydrogen (secondary N) is 1. The van der Waals surface area contributed by atoms with Crippen molar-refractivity contribution in [2.45, 2.75) is 6.61 Å². The minimum Gasteiger partial charge on any atom is -0.487 e. The number of anilines is 1. The van der Waals surface area contributed by atoms with Gasteiger partial charge in [-0.3, -0.25) is 4.99 Å². The lowest BCUT2D eigenvalue weighted by molar-refractivity contribution is 0.304. The predicted molar refractivity (Wildman–Crippen MR) is 83.0 cm³/mol. The molecule has 0 fully saturated rings. The fraction of sp³-hybridized carbons (Fsp3) is 0.133. The lowest BCUT2D eigenvalue weighted by Crippen LogP contribution is -2.18. The minimum atomic E-state index is 0.335. The van der Waals surface area contributed by atoms with Gasteiger partial charge in [0, 0.05) is 18.7 Å². The van der Waals surface area contributed by atoms with Crippen molar-refractivity contribution in [3.63, 3.8) is 0 Å². The number of nitrogens with two attached hydrogens (primary N) is 1. The Hall–Kier alpha value is -2.89. The number of amidine groups is 1. The van der Waals surface area contributed by atoms with Crippen molar-refractivity contribution in [1.82, 2.24) is 15.5 Å². The Bertz CT molecular complexity index is 637. The summed E-state index contributed by atoms with van der Waals surface area (Å²) in [5.41, 5.74) is 7.56. The number of hydrogen-bond donors (Lipinski definition) is 2. The summed E-state index contributed by atoms with van der Waals surface area (Å²) in [5.74, 6) is 1.70. The third kappa shape index (κ3) is 4.04. The van der Waals surface area contributed by atoms with E-state index in [9.17, 15) is 0 Å². The largest absolute Gasteiger partial charge is 0.487 e. The second-order valence-electron chi connectivity index (χ2n) is 4.22. The fourth-order valence-electron chi connectivity index (χ4n) is 1.74. The molecule has 6 nitrogen and oxygen atoms in total. The molecule has 0 saturated carbocycles. The maximum Gasteiger partial charge on any atom is 0.149 e. The Morgan fingerprint density at radius 1 is 1.43 bits per heavy atom. The Balaban J connectivity index is 2.01. The fourth-order valence-corrected chi connectivity index (χ4v) is 1.74. The molecule has 0 aliphatic heterocycles. The van der Waals surface area contributed by atoms with Gasteiger partial charge in [0.2, 0.25) is 0 Å². The van der Waals surface area contributed by atoms with Crippen molar-refractivity contribution in [2.75, 3.05) is 12.8 Å². The molecular weight excluding hydrogens is 266 g/mol. The summed E-state index contributed by atoms with van der Waals surface area (Å²) in [7, 11) is 1.73. The van der Waals surface area contributed by atoms with Crippen LogP contribution in [0.3, 0.4) is 0 Å². The van der Waals surface area contributed by atoms with Gasteiger partial charge in [0.1, 0.15) is 24.0 Å². The molecule has 2 rings (SSSR count). The van der Waals surface area contributed by atoms with Crippen LogP contribution in [0.5, 0.6) is 5.75 Å². The Labute approximate surface area is 123 Å². The molecule has 3 N–H and O–H groups in total. The molecule has 6 heteroatoms. The van der Waals surface area contributed by atoms with Gasteiger partial charge in [0.05, 0.1) is 6.20 Å². The van der Waals surface area contributed by atoms with E-state index in [2.05, 4.69) is 27.1 Å². The molecule has 0 spiro atoms. The Morgan fingerprint density at radius 3 is 2.81 bits per heavy atom. The van der Waals surface area contributed by atoms with E-state index in [0.29, 0.717) is 18.2 Å². The van der Waals surface area contributed by atoms with Crippen LogP contribution < -0.4 is 15.8 Å². The molecule has 0 saturated heterocycles. The van der Waals surface area contributed by atoms with Crippen LogP contribution in [0.4, 0.5) is 5.82 Å². The van der Waals surface area contributed by atoms with Crippen LogP contribution in [0, 0.1) is 0 Å². The normalized spacial score (nSPS) is 11.0. The zero-order valence-electron chi connectivity index (χ0n) is 11.8. The van der Waals surface area contributed by atoms with Gasteiger partial charge in [-0.2, -0.15) is 5.10 Å². The van der Waals surface area contributed by atoms with E-state index in [0.717, 1.165) is 17.0 Å². The Kier molecular flexibility index (Phi) is 4.87. The van der Waals surface area contributed by atoms with Gasteiger partial charge in [-0.15, -0.1) is 5.10 Å². The van der Waals surface area contributed by atoms with Crippen LogP contribution in [0.1, 0.15) is 11.1 Å². The zero-order valence-corrected chi connectivity index (χ0v) is 11.8. The van der Waals surface area contributed by atoms with E-state index in [4.69, 9.17) is 10.5 Å². The summed E-state index contributed by atoms with van der Waals surface area (Å²) in [5, 5.41) is 10.4. The maximum absolute atomic E-state index is 5.60. The number of nitrogen functional groups attached to an aromatic ring is 1. The number of nitrogens with zero attached hydrogens (tertiary/aromatic N) is 3. The molecule has 108 valence electrons. The molecule has 21 heavy (non-hydrogen) atoms. The minimum absolute atomic E-state index is 0.335. The molecule has 0 aliphatic rings. The molecule has 0 aliphatic carbocycles. The van der Waals surface area contributed by atoms with Gasteiger partial charge < -0.3 is 15.8 Å². The SMILES string of the molecule is C=CNC(=NC)c1ccc(COc2cnnc(N)c2)cc1. The maximum atomic E-state index is 5.60. The molecule has 2 aromatic rings. The number of aromatic nitrogens is 2. The molecule has 1 aromatic carbocycles. The van der Waals surface area contributed by atoms with E-state index >= 15 is 0 Å². The molecule has 0 atom stereocenters. The average molecular weight is 283 g/mol. The van der Waals surface area contributed by atoms with Gasteiger partial charge in [-0.05, 0) is 11.8 Å². The monoisotopic (exact) mass is 283 g/mol. The summed E-state index contributed by atoms with van der Waals surface area (Å²) in [6, 6.07) is 9.52. The second kappa shape index (κ2) is 7.04. The first-order valence-corrected chi connectivity index (χ1v) is 6.37. The summed E-state index contributed by atoms with van der Waals surface area (Å²) in [6.45, 7) is 4.06. The van der Waals surface area contributed by atoms with Gasteiger partial charge >= 0.3 is 0 Å². The summed E-state index contributed by atoms with van der Waals surface area (Å²) < 4.78 is 5.60. The first kappa shape index (κ1) is 14.5. The van der Waals surface area contributed by atoms with E-state index in [-0.39, 0.29) is 0 Å².